The molecule has 6 heteroatoms. The van der Waals surface area contributed by atoms with Crippen molar-refractivity contribution in [3.05, 3.63) is 40.2 Å². The van der Waals surface area contributed by atoms with Crippen LogP contribution < -0.4 is 0 Å². The van der Waals surface area contributed by atoms with Gasteiger partial charge in [0.2, 0.25) is 5.91 Å². The summed E-state index contributed by atoms with van der Waals surface area (Å²) in [7, 11) is 0. The number of hydrogen-bond donors (Lipinski definition) is 0. The molecular weight excluding hydrogens is 310 g/mol. The number of amides is 1. The molecule has 1 unspecified atom stereocenters. The van der Waals surface area contributed by atoms with Crippen molar-refractivity contribution in [3.63, 3.8) is 0 Å². The van der Waals surface area contributed by atoms with Crippen molar-refractivity contribution in [2.75, 3.05) is 19.6 Å². The van der Waals surface area contributed by atoms with Gasteiger partial charge in [-0.05, 0) is 26.0 Å². The van der Waals surface area contributed by atoms with Gasteiger partial charge in [0.1, 0.15) is 0 Å². The summed E-state index contributed by atoms with van der Waals surface area (Å²) in [4.78, 5) is 21.4. The minimum Gasteiger partial charge on any atom is -0.472 e. The van der Waals surface area contributed by atoms with Gasteiger partial charge in [-0.25, -0.2) is 4.98 Å². The molecule has 4 heterocycles. The Morgan fingerprint density at radius 2 is 2.30 bits per heavy atom. The van der Waals surface area contributed by atoms with Crippen molar-refractivity contribution in [1.29, 1.82) is 0 Å². The van der Waals surface area contributed by atoms with E-state index in [2.05, 4.69) is 15.3 Å². The van der Waals surface area contributed by atoms with Crippen molar-refractivity contribution in [1.82, 2.24) is 14.8 Å². The molecule has 0 bridgehead atoms. The fraction of sp³-hybridized carbons (Fsp3) is 0.529. The van der Waals surface area contributed by atoms with Crippen molar-refractivity contribution in [2.24, 2.45) is 5.41 Å². The van der Waals surface area contributed by atoms with Gasteiger partial charge >= 0.3 is 0 Å². The van der Waals surface area contributed by atoms with Crippen LogP contribution in [0.3, 0.4) is 0 Å². The SMILES string of the molecule is Cc1nc(CN2CC3(CCN(Cc4ccoc4)C3)CC2=O)cs1. The van der Waals surface area contributed by atoms with E-state index < -0.39 is 0 Å². The van der Waals surface area contributed by atoms with Gasteiger partial charge in [0.25, 0.3) is 0 Å². The van der Waals surface area contributed by atoms with Gasteiger partial charge in [-0.1, -0.05) is 0 Å². The van der Waals surface area contributed by atoms with Gasteiger partial charge in [0.15, 0.2) is 0 Å². The number of thiazole rings is 1. The number of likely N-dealkylation sites (tertiary alicyclic amines) is 2. The Bertz CT molecular complexity index is 697. The maximum absolute atomic E-state index is 12.4. The van der Waals surface area contributed by atoms with Crippen LogP contribution in [0.25, 0.3) is 0 Å². The number of furan rings is 1. The molecule has 2 fully saturated rings. The first-order chi connectivity index (χ1) is 11.1. The molecule has 2 aromatic rings. The third-order valence-electron chi connectivity index (χ3n) is 4.93. The van der Waals surface area contributed by atoms with Crippen LogP contribution in [0.1, 0.15) is 29.1 Å². The Hall–Kier alpha value is -1.66. The molecule has 1 atom stereocenters. The van der Waals surface area contributed by atoms with Gasteiger partial charge in [-0.3, -0.25) is 9.69 Å². The monoisotopic (exact) mass is 331 g/mol. The molecule has 122 valence electrons. The number of rotatable bonds is 4. The van der Waals surface area contributed by atoms with E-state index in [-0.39, 0.29) is 11.3 Å². The number of nitrogens with zero attached hydrogens (tertiary/aromatic N) is 3. The molecule has 0 N–H and O–H groups in total. The predicted octanol–water partition coefficient (Wildman–Crippen LogP) is 2.67. The van der Waals surface area contributed by atoms with Crippen LogP contribution in [-0.4, -0.2) is 40.3 Å². The average Bonchev–Trinajstić information content (AvgIpc) is 3.26. The number of aromatic nitrogens is 1. The Balaban J connectivity index is 1.39. The number of carbonyl (C=O) groups excluding carboxylic acids is 1. The van der Waals surface area contributed by atoms with Crippen molar-refractivity contribution >= 4 is 17.2 Å². The van der Waals surface area contributed by atoms with Gasteiger partial charge in [0, 0.05) is 42.4 Å². The molecule has 0 saturated carbocycles. The topological polar surface area (TPSA) is 49.6 Å². The van der Waals surface area contributed by atoms with Crippen molar-refractivity contribution in [3.8, 4) is 0 Å². The van der Waals surface area contributed by atoms with Crippen LogP contribution in [-0.2, 0) is 17.9 Å². The van der Waals surface area contributed by atoms with Crippen LogP contribution in [0.2, 0.25) is 0 Å². The van der Waals surface area contributed by atoms with Gasteiger partial charge in [-0.2, -0.15) is 0 Å². The summed E-state index contributed by atoms with van der Waals surface area (Å²) in [6.07, 6.45) is 5.31. The predicted molar refractivity (Wildman–Crippen MR) is 87.9 cm³/mol. The van der Waals surface area contributed by atoms with E-state index in [0.29, 0.717) is 13.0 Å². The molecule has 23 heavy (non-hydrogen) atoms. The molecule has 2 aliphatic heterocycles. The van der Waals surface area contributed by atoms with E-state index in [0.717, 1.165) is 43.3 Å². The molecule has 5 nitrogen and oxygen atoms in total. The fourth-order valence-corrected chi connectivity index (χ4v) is 4.48. The first-order valence-electron chi connectivity index (χ1n) is 8.04. The smallest absolute Gasteiger partial charge is 0.223 e. The van der Waals surface area contributed by atoms with E-state index in [1.165, 1.54) is 5.56 Å². The van der Waals surface area contributed by atoms with Gasteiger partial charge in [0.05, 0.1) is 29.8 Å². The summed E-state index contributed by atoms with van der Waals surface area (Å²) in [6, 6.07) is 2.02. The zero-order valence-corrected chi connectivity index (χ0v) is 14.1. The van der Waals surface area contributed by atoms with E-state index in [9.17, 15) is 4.79 Å². The minimum atomic E-state index is 0.131. The van der Waals surface area contributed by atoms with Crippen LogP contribution in [0, 0.1) is 12.3 Å². The zero-order valence-electron chi connectivity index (χ0n) is 13.3. The summed E-state index contributed by atoms with van der Waals surface area (Å²) in [5, 5.41) is 3.13. The lowest BCUT2D eigenvalue weighted by molar-refractivity contribution is -0.128. The molecule has 2 saturated heterocycles. The van der Waals surface area contributed by atoms with Crippen LogP contribution >= 0.6 is 11.3 Å². The zero-order chi connectivity index (χ0) is 15.9. The number of hydrogen-bond acceptors (Lipinski definition) is 5. The van der Waals surface area contributed by atoms with Crippen LogP contribution in [0.5, 0.6) is 0 Å². The standard InChI is InChI=1S/C17H21N3O2S/c1-13-18-15(10-23-13)8-20-12-17(6-16(20)21)3-4-19(11-17)7-14-2-5-22-9-14/h2,5,9-10H,3-4,6-8,11-12H2,1H3. The van der Waals surface area contributed by atoms with Gasteiger partial charge < -0.3 is 9.32 Å². The average molecular weight is 331 g/mol. The highest BCUT2D eigenvalue weighted by molar-refractivity contribution is 7.09. The summed E-state index contributed by atoms with van der Waals surface area (Å²) >= 11 is 1.65. The quantitative estimate of drug-likeness (QED) is 0.864. The minimum absolute atomic E-state index is 0.131. The molecule has 1 amide bonds. The second-order valence-electron chi connectivity index (χ2n) is 6.88. The largest absolute Gasteiger partial charge is 0.472 e. The lowest BCUT2D eigenvalue weighted by atomic mass is 9.86. The molecule has 0 aliphatic carbocycles. The fourth-order valence-electron chi connectivity index (χ4n) is 3.88. The maximum atomic E-state index is 12.4. The Labute approximate surface area is 139 Å². The van der Waals surface area contributed by atoms with Gasteiger partial charge in [-0.15, -0.1) is 11.3 Å². The Morgan fingerprint density at radius 1 is 1.39 bits per heavy atom. The lowest BCUT2D eigenvalue weighted by Gasteiger charge is -2.23. The van der Waals surface area contributed by atoms with E-state index in [4.69, 9.17) is 4.42 Å². The summed E-state index contributed by atoms with van der Waals surface area (Å²) in [5.41, 5.74) is 2.36. The Morgan fingerprint density at radius 3 is 3.04 bits per heavy atom. The summed E-state index contributed by atoms with van der Waals surface area (Å²) < 4.78 is 5.15. The maximum Gasteiger partial charge on any atom is 0.223 e. The number of carbonyl (C=O) groups is 1. The first kappa shape index (κ1) is 14.9. The van der Waals surface area contributed by atoms with E-state index in [1.807, 2.05) is 24.2 Å². The van der Waals surface area contributed by atoms with E-state index in [1.54, 1.807) is 17.6 Å². The van der Waals surface area contributed by atoms with Crippen molar-refractivity contribution < 1.29 is 9.21 Å². The highest BCUT2D eigenvalue weighted by Gasteiger charge is 2.47. The molecule has 0 aromatic carbocycles. The Kier molecular flexibility index (Phi) is 3.73. The second-order valence-corrected chi connectivity index (χ2v) is 7.94. The van der Waals surface area contributed by atoms with Crippen LogP contribution in [0.4, 0.5) is 0 Å². The van der Waals surface area contributed by atoms with Crippen LogP contribution in [0.15, 0.2) is 28.4 Å². The summed E-state index contributed by atoms with van der Waals surface area (Å²) in [6.45, 7) is 6.50. The molecule has 0 radical (unpaired) electrons. The third kappa shape index (κ3) is 3.05. The first-order valence-corrected chi connectivity index (χ1v) is 8.92. The highest BCUT2D eigenvalue weighted by Crippen LogP contribution is 2.41. The molecule has 2 aliphatic rings. The highest BCUT2D eigenvalue weighted by atomic mass is 32.1. The second kappa shape index (κ2) is 5.76. The van der Waals surface area contributed by atoms with Crippen molar-refractivity contribution in [2.45, 2.75) is 32.9 Å². The number of aryl methyl sites for hydroxylation is 1. The molecule has 1 spiro atoms. The molecule has 4 rings (SSSR count). The molecular formula is C17H21N3O2S. The molecule has 2 aromatic heterocycles. The third-order valence-corrected chi connectivity index (χ3v) is 5.75. The lowest BCUT2D eigenvalue weighted by Crippen LogP contribution is -2.31. The van der Waals surface area contributed by atoms with E-state index >= 15 is 0 Å². The summed E-state index contributed by atoms with van der Waals surface area (Å²) in [5.74, 6) is 0.279. The normalized spacial score (nSPS) is 25.1.